The molecule has 7 atom stereocenters. The van der Waals surface area contributed by atoms with Crippen LogP contribution < -0.4 is 5.32 Å². The van der Waals surface area contributed by atoms with Gasteiger partial charge in [-0.25, -0.2) is 0 Å². The maximum absolute atomic E-state index is 13.0. The number of ether oxygens (including phenoxy) is 3. The molecule has 0 bridgehead atoms. The van der Waals surface area contributed by atoms with E-state index in [-0.39, 0.29) is 18.5 Å². The lowest BCUT2D eigenvalue weighted by Gasteiger charge is -2.40. The summed E-state index contributed by atoms with van der Waals surface area (Å²) in [6, 6.07) is -0.807. The maximum Gasteiger partial charge on any atom is 0.305 e. The van der Waals surface area contributed by atoms with E-state index in [4.69, 9.17) is 14.2 Å². The Bertz CT molecular complexity index is 1280. The highest BCUT2D eigenvalue weighted by molar-refractivity contribution is 5.76. The smallest absolute Gasteiger partial charge is 0.305 e. The molecule has 74 heavy (non-hydrogen) atoms. The molecule has 7 unspecified atom stereocenters. The lowest BCUT2D eigenvalue weighted by Crippen LogP contribution is -2.60. The first-order valence-corrected chi connectivity index (χ1v) is 31.6. The third-order valence-corrected chi connectivity index (χ3v) is 15.1. The number of carbonyl (C=O) groups is 2. The van der Waals surface area contributed by atoms with Crippen LogP contribution in [0, 0.1) is 0 Å². The Labute approximate surface area is 454 Å². The van der Waals surface area contributed by atoms with Gasteiger partial charge in [0, 0.05) is 12.8 Å². The molecular weight excluding hydrogens is 931 g/mol. The molecule has 6 N–H and O–H groups in total. The highest BCUT2D eigenvalue weighted by atomic mass is 16.7. The van der Waals surface area contributed by atoms with E-state index >= 15 is 0 Å². The first-order valence-electron chi connectivity index (χ1n) is 31.6. The molecule has 0 aromatic rings. The van der Waals surface area contributed by atoms with Gasteiger partial charge in [0.2, 0.25) is 5.91 Å². The number of carbonyl (C=O) groups excluding carboxylic acids is 2. The summed E-state index contributed by atoms with van der Waals surface area (Å²) in [7, 11) is 0. The van der Waals surface area contributed by atoms with Crippen LogP contribution in [0.15, 0.2) is 24.3 Å². The van der Waals surface area contributed by atoms with Gasteiger partial charge in [-0.2, -0.15) is 0 Å². The molecule has 0 aromatic heterocycles. The Hall–Kier alpha value is -1.86. The van der Waals surface area contributed by atoms with Gasteiger partial charge in [0.25, 0.3) is 0 Å². The second-order valence-corrected chi connectivity index (χ2v) is 22.1. The zero-order valence-corrected chi connectivity index (χ0v) is 48.1. The first kappa shape index (κ1) is 70.2. The summed E-state index contributed by atoms with van der Waals surface area (Å²) in [5, 5.41) is 54.2. The van der Waals surface area contributed by atoms with Crippen molar-refractivity contribution in [1.29, 1.82) is 0 Å². The number of aliphatic hydroxyl groups excluding tert-OH is 5. The summed E-state index contributed by atoms with van der Waals surface area (Å²) in [6.45, 7) is 4.31. The van der Waals surface area contributed by atoms with E-state index in [0.29, 0.717) is 19.4 Å². The molecule has 0 aromatic carbocycles. The molecular formula is C63H119NO10. The minimum atomic E-state index is -1.57. The molecule has 1 aliphatic heterocycles. The van der Waals surface area contributed by atoms with Gasteiger partial charge in [-0.05, 0) is 57.8 Å². The van der Waals surface area contributed by atoms with Crippen LogP contribution in [0.5, 0.6) is 0 Å². The zero-order chi connectivity index (χ0) is 53.8. The van der Waals surface area contributed by atoms with Gasteiger partial charge < -0.3 is 45.1 Å². The van der Waals surface area contributed by atoms with Crippen molar-refractivity contribution in [2.75, 3.05) is 19.8 Å². The minimum absolute atomic E-state index is 0.00487. The Morgan fingerprint density at radius 1 is 0.486 bits per heavy atom. The Kier molecular flexibility index (Phi) is 50.4. The van der Waals surface area contributed by atoms with Crippen LogP contribution in [0.2, 0.25) is 0 Å². The van der Waals surface area contributed by atoms with Crippen LogP contribution in [0.25, 0.3) is 0 Å². The summed E-state index contributed by atoms with van der Waals surface area (Å²) in [5.41, 5.74) is 0. The van der Waals surface area contributed by atoms with Gasteiger partial charge >= 0.3 is 5.97 Å². The fourth-order valence-electron chi connectivity index (χ4n) is 10.0. The molecule has 0 aliphatic carbocycles. The Morgan fingerprint density at radius 3 is 1.31 bits per heavy atom. The standard InChI is InChI=1S/C63H119NO10/c1-3-5-7-9-11-13-14-27-31-35-39-43-47-51-59(68)72-52-48-44-40-36-32-29-26-24-22-20-18-16-15-17-19-21-23-25-28-30-34-38-42-46-50-58(67)64-55(56(66)49-45-41-37-33-12-10-8-6-4-2)54-73-63-62(71)61(70)60(69)57(53-65)74-63/h13-14,45,49,55-57,60-63,65-66,69-71H,3-12,15-44,46-48,50-54H2,1-2H3,(H,64,67)/b14-13-,49-45+. The van der Waals surface area contributed by atoms with Crippen LogP contribution >= 0.6 is 0 Å². The summed E-state index contributed by atoms with van der Waals surface area (Å²) >= 11 is 0. The molecule has 0 radical (unpaired) electrons. The van der Waals surface area contributed by atoms with E-state index < -0.39 is 49.5 Å². The number of allylic oxidation sites excluding steroid dienone is 3. The lowest BCUT2D eigenvalue weighted by atomic mass is 9.99. The molecule has 1 rings (SSSR count). The minimum Gasteiger partial charge on any atom is -0.466 e. The second kappa shape index (κ2) is 53.2. The van der Waals surface area contributed by atoms with E-state index in [1.54, 1.807) is 6.08 Å². The van der Waals surface area contributed by atoms with Crippen molar-refractivity contribution in [3.63, 3.8) is 0 Å². The van der Waals surface area contributed by atoms with Crippen molar-refractivity contribution in [2.45, 2.75) is 346 Å². The molecule has 11 heteroatoms. The largest absolute Gasteiger partial charge is 0.466 e. The van der Waals surface area contributed by atoms with Crippen LogP contribution in [-0.2, 0) is 23.8 Å². The average Bonchev–Trinajstić information content (AvgIpc) is 3.40. The summed E-state index contributed by atoms with van der Waals surface area (Å²) < 4.78 is 16.7. The van der Waals surface area contributed by atoms with Gasteiger partial charge in [0.15, 0.2) is 6.29 Å². The van der Waals surface area contributed by atoms with Gasteiger partial charge in [-0.15, -0.1) is 0 Å². The number of hydrogen-bond donors (Lipinski definition) is 6. The average molecular weight is 1050 g/mol. The number of rotatable bonds is 55. The topological polar surface area (TPSA) is 175 Å². The van der Waals surface area contributed by atoms with Crippen molar-refractivity contribution in [2.24, 2.45) is 0 Å². The van der Waals surface area contributed by atoms with Gasteiger partial charge in [-0.3, -0.25) is 9.59 Å². The van der Waals surface area contributed by atoms with Crippen molar-refractivity contribution < 1.29 is 49.3 Å². The van der Waals surface area contributed by atoms with E-state index in [1.165, 1.54) is 218 Å². The molecule has 1 aliphatic rings. The van der Waals surface area contributed by atoms with Crippen molar-refractivity contribution >= 4 is 11.9 Å². The van der Waals surface area contributed by atoms with Gasteiger partial charge in [0.05, 0.1) is 32.0 Å². The molecule has 11 nitrogen and oxygen atoms in total. The van der Waals surface area contributed by atoms with E-state index in [0.717, 1.165) is 57.8 Å². The Balaban J connectivity index is 1.96. The second-order valence-electron chi connectivity index (χ2n) is 22.1. The number of hydrogen-bond acceptors (Lipinski definition) is 10. The quantitative estimate of drug-likeness (QED) is 0.0195. The number of nitrogens with one attached hydrogen (secondary N) is 1. The fraction of sp³-hybridized carbons (Fsp3) is 0.905. The maximum atomic E-state index is 13.0. The van der Waals surface area contributed by atoms with E-state index in [9.17, 15) is 35.1 Å². The lowest BCUT2D eigenvalue weighted by molar-refractivity contribution is -0.302. The fourth-order valence-corrected chi connectivity index (χ4v) is 10.0. The SMILES string of the molecule is CCCCCC/C=C\CCCCCCCC(=O)OCCCCCCCCCCCCCCCCCCCCCCCCCCC(=O)NC(COC1OC(CO)C(O)C(O)C1O)C(O)/C=C/CCCCCCCCC. The Morgan fingerprint density at radius 2 is 0.865 bits per heavy atom. The predicted molar refractivity (Wildman–Crippen MR) is 306 cm³/mol. The summed E-state index contributed by atoms with van der Waals surface area (Å²) in [4.78, 5) is 25.0. The van der Waals surface area contributed by atoms with Crippen LogP contribution in [0.1, 0.15) is 303 Å². The van der Waals surface area contributed by atoms with Crippen molar-refractivity contribution in [3.8, 4) is 0 Å². The van der Waals surface area contributed by atoms with Crippen molar-refractivity contribution in [3.05, 3.63) is 24.3 Å². The highest BCUT2D eigenvalue weighted by Crippen LogP contribution is 2.23. The number of unbranched alkanes of at least 4 members (excludes halogenated alkanes) is 39. The predicted octanol–water partition coefficient (Wildman–Crippen LogP) is 14.9. The molecule has 1 heterocycles. The van der Waals surface area contributed by atoms with Crippen LogP contribution in [-0.4, -0.2) is 100 Å². The molecule has 1 fully saturated rings. The van der Waals surface area contributed by atoms with Crippen molar-refractivity contribution in [1.82, 2.24) is 5.32 Å². The number of amides is 1. The molecule has 0 spiro atoms. The number of aliphatic hydroxyl groups is 5. The molecule has 0 saturated carbocycles. The summed E-state index contributed by atoms with van der Waals surface area (Å²) in [6.07, 6.45) is 54.4. The van der Waals surface area contributed by atoms with Crippen LogP contribution in [0.4, 0.5) is 0 Å². The molecule has 436 valence electrons. The number of esters is 1. The first-order chi connectivity index (χ1) is 36.2. The van der Waals surface area contributed by atoms with Gasteiger partial charge in [-0.1, -0.05) is 256 Å². The van der Waals surface area contributed by atoms with Gasteiger partial charge in [0.1, 0.15) is 24.4 Å². The monoisotopic (exact) mass is 1050 g/mol. The van der Waals surface area contributed by atoms with E-state index in [2.05, 4.69) is 31.3 Å². The third-order valence-electron chi connectivity index (χ3n) is 15.1. The zero-order valence-electron chi connectivity index (χ0n) is 48.1. The third kappa shape index (κ3) is 42.2. The highest BCUT2D eigenvalue weighted by Gasteiger charge is 2.44. The molecule has 1 saturated heterocycles. The normalized spacial score (nSPS) is 18.9. The summed E-state index contributed by atoms with van der Waals surface area (Å²) in [5.74, 6) is -0.187. The van der Waals surface area contributed by atoms with Crippen LogP contribution in [0.3, 0.4) is 0 Å². The van der Waals surface area contributed by atoms with E-state index in [1.807, 2.05) is 6.08 Å². The molecule has 1 amide bonds.